The van der Waals surface area contributed by atoms with Gasteiger partial charge in [-0.3, -0.25) is 0 Å². The van der Waals surface area contributed by atoms with Crippen molar-refractivity contribution in [1.29, 1.82) is 0 Å². The molecule has 0 aliphatic rings. The van der Waals surface area contributed by atoms with Gasteiger partial charge in [-0.15, -0.1) is 0 Å². The summed E-state index contributed by atoms with van der Waals surface area (Å²) in [4.78, 5) is 12.0. The molecule has 0 rings (SSSR count). The van der Waals surface area contributed by atoms with Crippen LogP contribution in [0.3, 0.4) is 0 Å². The van der Waals surface area contributed by atoms with Gasteiger partial charge in [-0.1, -0.05) is 0 Å². The molecule has 0 aromatic rings. The second-order valence-corrected chi connectivity index (χ2v) is 3.37. The van der Waals surface area contributed by atoms with E-state index in [-0.39, 0.29) is 6.42 Å². The van der Waals surface area contributed by atoms with Crippen molar-refractivity contribution in [3.63, 3.8) is 0 Å². The molecule has 0 atom stereocenters. The summed E-state index contributed by atoms with van der Waals surface area (Å²) >= 11 is 1.83. The molecular weight excluding hydrogens is 260 g/mol. The van der Waals surface area contributed by atoms with Crippen LogP contribution in [0, 0.1) is 0 Å². The van der Waals surface area contributed by atoms with Crippen molar-refractivity contribution in [1.82, 2.24) is 10.2 Å². The van der Waals surface area contributed by atoms with E-state index in [1.807, 2.05) is 40.8 Å². The normalized spacial score (nSPS) is 8.91. The molecule has 64 valence electrons. The second kappa shape index (κ2) is 5.39. The van der Waals surface area contributed by atoms with Gasteiger partial charge in [0.05, 0.1) is 0 Å². The molecule has 0 heterocycles. The van der Waals surface area contributed by atoms with Gasteiger partial charge < -0.3 is 0 Å². The molecule has 0 aliphatic heterocycles. The first-order chi connectivity index (χ1) is 5.04. The van der Waals surface area contributed by atoms with Crippen molar-refractivity contribution >= 4 is 31.6 Å². The van der Waals surface area contributed by atoms with Gasteiger partial charge in [0.25, 0.3) is 0 Å². The fraction of sp³-hybridized carbons (Fsp3) is 0.667. The molecule has 0 saturated heterocycles. The van der Waals surface area contributed by atoms with E-state index in [0.717, 1.165) is 3.80 Å². The van der Waals surface area contributed by atoms with E-state index < -0.39 is 5.97 Å². The molecule has 0 aromatic carbocycles. The van der Waals surface area contributed by atoms with Crippen molar-refractivity contribution in [3.05, 3.63) is 0 Å². The molecule has 0 aromatic heterocycles. The van der Waals surface area contributed by atoms with Crippen LogP contribution in [-0.2, 0) is 4.79 Å². The first-order valence-electron chi connectivity index (χ1n) is 3.21. The number of carboxylic acid groups (broad SMARTS) is 1. The van der Waals surface area contributed by atoms with Crippen LogP contribution in [-0.4, -0.2) is 62.2 Å². The minimum atomic E-state index is -0.773. The van der Waals surface area contributed by atoms with Crippen LogP contribution in [0.1, 0.15) is 6.42 Å². The molecule has 0 fully saturated rings. The molecule has 4 nitrogen and oxygen atoms in total. The number of carboxylic acids is 1. The SMILES string of the molecule is CN(C)C(=[Te])NCCC(=O)O. The minimum absolute atomic E-state index is 0.160. The fourth-order valence-corrected chi connectivity index (χ4v) is 0.726. The van der Waals surface area contributed by atoms with Crippen molar-refractivity contribution in [2.24, 2.45) is 0 Å². The molecule has 0 aliphatic carbocycles. The summed E-state index contributed by atoms with van der Waals surface area (Å²) in [5.74, 6) is -0.773. The van der Waals surface area contributed by atoms with Gasteiger partial charge in [0.2, 0.25) is 0 Å². The van der Waals surface area contributed by atoms with Gasteiger partial charge in [0, 0.05) is 0 Å². The van der Waals surface area contributed by atoms with Gasteiger partial charge in [0.1, 0.15) is 0 Å². The van der Waals surface area contributed by atoms with Crippen LogP contribution >= 0.6 is 0 Å². The van der Waals surface area contributed by atoms with Gasteiger partial charge in [-0.25, -0.2) is 0 Å². The van der Waals surface area contributed by atoms with E-state index in [1.165, 1.54) is 0 Å². The van der Waals surface area contributed by atoms with E-state index in [4.69, 9.17) is 5.11 Å². The van der Waals surface area contributed by atoms with Crippen LogP contribution in [0.15, 0.2) is 0 Å². The fourth-order valence-electron chi connectivity index (χ4n) is 0.434. The summed E-state index contributed by atoms with van der Waals surface area (Å²) in [5, 5.41) is 11.3. The number of rotatable bonds is 5. The number of aliphatic carboxylic acids is 1. The summed E-state index contributed by atoms with van der Waals surface area (Å²) in [7, 11) is 3.82. The van der Waals surface area contributed by atoms with Gasteiger partial charge in [-0.05, 0) is 0 Å². The average Bonchev–Trinajstić information content (AvgIpc) is 1.86. The Morgan fingerprint density at radius 3 is 2.55 bits per heavy atom. The van der Waals surface area contributed by atoms with E-state index in [1.54, 1.807) is 0 Å². The zero-order valence-corrected chi connectivity index (χ0v) is 8.96. The van der Waals surface area contributed by atoms with E-state index in [0.29, 0.717) is 6.54 Å². The summed E-state index contributed by atoms with van der Waals surface area (Å²) in [6, 6.07) is 0. The number of hydrogen-bond acceptors (Lipinski definition) is 3. The Morgan fingerprint density at radius 1 is 1.64 bits per heavy atom. The predicted octanol–water partition coefficient (Wildman–Crippen LogP) is -1.13. The van der Waals surface area contributed by atoms with Crippen LogP contribution < -0.4 is 5.32 Å². The van der Waals surface area contributed by atoms with E-state index >= 15 is 0 Å². The Labute approximate surface area is 79.0 Å². The molecule has 0 unspecified atom stereocenters. The standard InChI is InChI=1S/C6H12N2O2Te/c1-8(2)6(11)7-4-3-5(9)10/h3-4H2,1-2H3,(H,7,11)(H,9,10). The van der Waals surface area contributed by atoms with Gasteiger partial charge in [0.15, 0.2) is 0 Å². The molecule has 0 bridgehead atoms. The van der Waals surface area contributed by atoms with Crippen molar-refractivity contribution < 1.29 is 9.90 Å². The molecule has 0 saturated carbocycles. The second-order valence-electron chi connectivity index (χ2n) is 2.27. The van der Waals surface area contributed by atoms with Gasteiger partial charge >= 0.3 is 78.8 Å². The molecule has 0 radical (unpaired) electrons. The molecule has 0 amide bonds. The van der Waals surface area contributed by atoms with Crippen LogP contribution in [0.25, 0.3) is 0 Å². The first-order valence-corrected chi connectivity index (χ1v) is 4.37. The monoisotopic (exact) mass is 274 g/mol. The summed E-state index contributed by atoms with van der Waals surface area (Å²) < 4.78 is 0.988. The molecular formula is C6H12N2O2Te. The van der Waals surface area contributed by atoms with Crippen LogP contribution in [0.5, 0.6) is 0 Å². The maximum absolute atomic E-state index is 10.1. The third kappa shape index (κ3) is 6.14. The zero-order valence-electron chi connectivity index (χ0n) is 6.63. The van der Waals surface area contributed by atoms with Crippen LogP contribution in [0.2, 0.25) is 0 Å². The van der Waals surface area contributed by atoms with E-state index in [9.17, 15) is 4.79 Å². The topological polar surface area (TPSA) is 52.6 Å². The molecule has 11 heavy (non-hydrogen) atoms. The number of nitrogens with zero attached hydrogens (tertiary/aromatic N) is 1. The molecule has 2 N–H and O–H groups in total. The van der Waals surface area contributed by atoms with Crippen molar-refractivity contribution in [3.8, 4) is 0 Å². The Morgan fingerprint density at radius 2 is 2.18 bits per heavy atom. The number of nitrogens with one attached hydrogen (secondary N) is 1. The average molecular weight is 272 g/mol. The number of hydrogen-bond donors (Lipinski definition) is 2. The van der Waals surface area contributed by atoms with Gasteiger partial charge in [-0.2, -0.15) is 0 Å². The quantitative estimate of drug-likeness (QED) is 0.622. The Balaban J connectivity index is 3.39. The Bertz CT molecular complexity index is 159. The summed E-state index contributed by atoms with van der Waals surface area (Å²) in [5.41, 5.74) is 0. The third-order valence-corrected chi connectivity index (χ3v) is 2.48. The van der Waals surface area contributed by atoms with Crippen molar-refractivity contribution in [2.75, 3.05) is 20.6 Å². The van der Waals surface area contributed by atoms with Crippen molar-refractivity contribution in [2.45, 2.75) is 6.42 Å². The predicted molar refractivity (Wildman–Crippen MR) is 44.7 cm³/mol. The summed E-state index contributed by atoms with van der Waals surface area (Å²) in [6.45, 7) is 0.488. The van der Waals surface area contributed by atoms with Crippen LogP contribution in [0.4, 0.5) is 0 Å². The third-order valence-electron chi connectivity index (χ3n) is 1.02. The maximum atomic E-state index is 10.1. The zero-order chi connectivity index (χ0) is 8.85. The first kappa shape index (κ1) is 10.7. The number of carbonyl (C=O) groups is 1. The molecule has 5 heteroatoms. The Kier molecular flexibility index (Phi) is 5.26. The summed E-state index contributed by atoms with van der Waals surface area (Å²) in [6.07, 6.45) is 0.160. The molecule has 0 spiro atoms. The Hall–Kier alpha value is -0.270. The van der Waals surface area contributed by atoms with E-state index in [2.05, 4.69) is 5.32 Å².